The molecule has 100 valence electrons. The summed E-state index contributed by atoms with van der Waals surface area (Å²) in [5.74, 6) is 5.41. The normalized spacial score (nSPS) is 20.9. The van der Waals surface area contributed by atoms with Crippen LogP contribution in [0.1, 0.15) is 16.3 Å². The van der Waals surface area contributed by atoms with E-state index in [0.29, 0.717) is 25.5 Å². The van der Waals surface area contributed by atoms with Crippen LogP contribution in [0.4, 0.5) is 0 Å². The van der Waals surface area contributed by atoms with Gasteiger partial charge >= 0.3 is 5.91 Å². The zero-order chi connectivity index (χ0) is 13.0. The molecule has 0 bridgehead atoms. The van der Waals surface area contributed by atoms with E-state index >= 15 is 0 Å². The first-order chi connectivity index (χ1) is 8.74. The minimum absolute atomic E-state index is 0.0318. The third-order valence-electron chi connectivity index (χ3n) is 2.94. The van der Waals surface area contributed by atoms with Crippen LogP contribution in [0.2, 0.25) is 0 Å². The van der Waals surface area contributed by atoms with Crippen molar-refractivity contribution < 1.29 is 19.1 Å². The van der Waals surface area contributed by atoms with Crippen LogP contribution in [0, 0.1) is 0 Å². The largest absolute Gasteiger partial charge is 0.455 e. The Bertz CT molecular complexity index is 407. The molecular weight excluding hydrogens is 238 g/mol. The van der Waals surface area contributed by atoms with Gasteiger partial charge in [0.2, 0.25) is 0 Å². The first kappa shape index (κ1) is 13.0. The first-order valence-corrected chi connectivity index (χ1v) is 5.77. The van der Waals surface area contributed by atoms with Gasteiger partial charge in [-0.05, 0) is 12.1 Å². The van der Waals surface area contributed by atoms with Crippen molar-refractivity contribution in [1.82, 2.24) is 10.3 Å². The fourth-order valence-corrected chi connectivity index (χ4v) is 1.92. The van der Waals surface area contributed by atoms with Crippen molar-refractivity contribution in [3.05, 3.63) is 23.7 Å². The number of nitrogens with zero attached hydrogens (tertiary/aromatic N) is 1. The number of carbonyl (C=O) groups is 1. The monoisotopic (exact) mass is 255 g/mol. The molecule has 1 aliphatic rings. The molecule has 1 aromatic rings. The molecule has 0 saturated carbocycles. The minimum Gasteiger partial charge on any atom is -0.455 e. The molecule has 7 nitrogen and oxygen atoms in total. The Balaban J connectivity index is 1.99. The molecule has 1 unspecified atom stereocenters. The third kappa shape index (κ3) is 2.88. The number of rotatable bonds is 4. The second-order valence-corrected chi connectivity index (χ2v) is 4.12. The molecular formula is C11H17N3O4. The van der Waals surface area contributed by atoms with E-state index in [1.807, 2.05) is 5.43 Å². The lowest BCUT2D eigenvalue weighted by Gasteiger charge is -2.33. The van der Waals surface area contributed by atoms with Gasteiger partial charge in [0.05, 0.1) is 32.4 Å². The topological polar surface area (TPSA) is 101 Å². The number of morpholine rings is 1. The molecule has 4 N–H and O–H groups in total. The molecule has 1 aromatic heterocycles. The summed E-state index contributed by atoms with van der Waals surface area (Å²) in [6.45, 7) is 2.44. The highest BCUT2D eigenvalue weighted by Gasteiger charge is 2.23. The average Bonchev–Trinajstić information content (AvgIpc) is 2.87. The molecule has 7 heteroatoms. The molecule has 1 atom stereocenters. The summed E-state index contributed by atoms with van der Waals surface area (Å²) in [7, 11) is 0. The maximum Gasteiger partial charge on any atom is 0.300 e. The van der Waals surface area contributed by atoms with Crippen molar-refractivity contribution >= 4 is 5.91 Å². The molecule has 0 aromatic carbocycles. The SMILES string of the molecule is NNC(=O)c1ccc(CN2CCOCC2CO)o1. The lowest BCUT2D eigenvalue weighted by atomic mass is 10.2. The minimum atomic E-state index is -0.457. The van der Waals surface area contributed by atoms with Gasteiger partial charge in [0, 0.05) is 6.54 Å². The van der Waals surface area contributed by atoms with Crippen molar-refractivity contribution in [1.29, 1.82) is 0 Å². The molecule has 0 spiro atoms. The van der Waals surface area contributed by atoms with Gasteiger partial charge in [-0.25, -0.2) is 5.84 Å². The average molecular weight is 255 g/mol. The number of aliphatic hydroxyl groups is 1. The number of nitrogen functional groups attached to an aromatic ring is 1. The summed E-state index contributed by atoms with van der Waals surface area (Å²) >= 11 is 0. The number of hydrogen-bond donors (Lipinski definition) is 3. The molecule has 1 fully saturated rings. The molecule has 1 aliphatic heterocycles. The van der Waals surface area contributed by atoms with Gasteiger partial charge in [-0.1, -0.05) is 0 Å². The number of nitrogens with two attached hydrogens (primary N) is 1. The van der Waals surface area contributed by atoms with E-state index in [-0.39, 0.29) is 18.4 Å². The van der Waals surface area contributed by atoms with Gasteiger partial charge in [0.1, 0.15) is 5.76 Å². The summed E-state index contributed by atoms with van der Waals surface area (Å²) in [5.41, 5.74) is 2.01. The lowest BCUT2D eigenvalue weighted by molar-refractivity contribution is -0.0337. The molecule has 1 saturated heterocycles. The van der Waals surface area contributed by atoms with E-state index < -0.39 is 5.91 Å². The van der Waals surface area contributed by atoms with E-state index in [1.165, 1.54) is 0 Å². The van der Waals surface area contributed by atoms with Gasteiger partial charge in [-0.3, -0.25) is 15.1 Å². The highest BCUT2D eigenvalue weighted by Crippen LogP contribution is 2.14. The summed E-state index contributed by atoms with van der Waals surface area (Å²) < 4.78 is 10.7. The Labute approximate surface area is 104 Å². The highest BCUT2D eigenvalue weighted by atomic mass is 16.5. The van der Waals surface area contributed by atoms with Crippen LogP contribution in [-0.2, 0) is 11.3 Å². The number of amides is 1. The fourth-order valence-electron chi connectivity index (χ4n) is 1.92. The predicted octanol–water partition coefficient (Wildman–Crippen LogP) is -0.924. The van der Waals surface area contributed by atoms with Crippen LogP contribution >= 0.6 is 0 Å². The van der Waals surface area contributed by atoms with Gasteiger partial charge in [-0.2, -0.15) is 0 Å². The number of nitrogens with one attached hydrogen (secondary N) is 1. The van der Waals surface area contributed by atoms with Crippen molar-refractivity contribution in [3.8, 4) is 0 Å². The molecule has 0 aliphatic carbocycles. The van der Waals surface area contributed by atoms with E-state index in [2.05, 4.69) is 4.90 Å². The number of hydrogen-bond acceptors (Lipinski definition) is 6. The van der Waals surface area contributed by atoms with E-state index in [4.69, 9.17) is 15.0 Å². The van der Waals surface area contributed by atoms with Crippen molar-refractivity contribution in [2.75, 3.05) is 26.4 Å². The van der Waals surface area contributed by atoms with Crippen LogP contribution in [0.5, 0.6) is 0 Å². The quantitative estimate of drug-likeness (QED) is 0.365. The Morgan fingerprint density at radius 3 is 3.17 bits per heavy atom. The van der Waals surface area contributed by atoms with Gasteiger partial charge in [-0.15, -0.1) is 0 Å². The predicted molar refractivity (Wildman–Crippen MR) is 62.5 cm³/mol. The zero-order valence-corrected chi connectivity index (χ0v) is 9.96. The van der Waals surface area contributed by atoms with E-state index in [9.17, 15) is 9.90 Å². The summed E-state index contributed by atoms with van der Waals surface area (Å²) in [4.78, 5) is 13.3. The molecule has 0 radical (unpaired) electrons. The smallest absolute Gasteiger partial charge is 0.300 e. The second kappa shape index (κ2) is 5.96. The fraction of sp³-hybridized carbons (Fsp3) is 0.545. The van der Waals surface area contributed by atoms with E-state index in [1.54, 1.807) is 12.1 Å². The summed E-state index contributed by atoms with van der Waals surface area (Å²) in [5, 5.41) is 9.24. The summed E-state index contributed by atoms with van der Waals surface area (Å²) in [6, 6.07) is 3.27. The van der Waals surface area contributed by atoms with Crippen LogP contribution in [-0.4, -0.2) is 48.3 Å². The van der Waals surface area contributed by atoms with Crippen LogP contribution < -0.4 is 11.3 Å². The maximum absolute atomic E-state index is 11.2. The number of aliphatic hydroxyl groups excluding tert-OH is 1. The summed E-state index contributed by atoms with van der Waals surface area (Å²) in [6.07, 6.45) is 0. The number of furan rings is 1. The Morgan fingerprint density at radius 1 is 1.61 bits per heavy atom. The number of ether oxygens (including phenoxy) is 1. The Kier molecular flexibility index (Phi) is 4.32. The molecule has 2 rings (SSSR count). The highest BCUT2D eigenvalue weighted by molar-refractivity contribution is 5.90. The second-order valence-electron chi connectivity index (χ2n) is 4.12. The van der Waals surface area contributed by atoms with Crippen molar-refractivity contribution in [3.63, 3.8) is 0 Å². The zero-order valence-electron chi connectivity index (χ0n) is 9.96. The van der Waals surface area contributed by atoms with E-state index in [0.717, 1.165) is 6.54 Å². The standard InChI is InChI=1S/C11H17N3O4/c12-13-11(16)10-2-1-9(18-10)5-14-3-4-17-7-8(14)6-15/h1-2,8,15H,3-7,12H2,(H,13,16). The van der Waals surface area contributed by atoms with Crippen LogP contribution in [0.15, 0.2) is 16.5 Å². The van der Waals surface area contributed by atoms with Crippen molar-refractivity contribution in [2.45, 2.75) is 12.6 Å². The van der Waals surface area contributed by atoms with Crippen LogP contribution in [0.3, 0.4) is 0 Å². The number of hydrazine groups is 1. The molecule has 1 amide bonds. The molecule has 18 heavy (non-hydrogen) atoms. The van der Waals surface area contributed by atoms with Gasteiger partial charge in [0.15, 0.2) is 5.76 Å². The number of carbonyl (C=O) groups excluding carboxylic acids is 1. The van der Waals surface area contributed by atoms with Gasteiger partial charge in [0.25, 0.3) is 0 Å². The van der Waals surface area contributed by atoms with Crippen LogP contribution in [0.25, 0.3) is 0 Å². The third-order valence-corrected chi connectivity index (χ3v) is 2.94. The first-order valence-electron chi connectivity index (χ1n) is 5.77. The maximum atomic E-state index is 11.2. The van der Waals surface area contributed by atoms with Crippen molar-refractivity contribution in [2.24, 2.45) is 5.84 Å². The molecule has 2 heterocycles. The lowest BCUT2D eigenvalue weighted by Crippen LogP contribution is -2.46. The van der Waals surface area contributed by atoms with Gasteiger partial charge < -0.3 is 14.3 Å². The Hall–Kier alpha value is -1.41. The Morgan fingerprint density at radius 2 is 2.44 bits per heavy atom.